The van der Waals surface area contributed by atoms with Gasteiger partial charge in [0.2, 0.25) is 6.79 Å². The van der Waals surface area contributed by atoms with Gasteiger partial charge >= 0.3 is 0 Å². The summed E-state index contributed by atoms with van der Waals surface area (Å²) in [7, 11) is 1.54. The summed E-state index contributed by atoms with van der Waals surface area (Å²) in [4.78, 5) is 0. The average Bonchev–Trinajstić information content (AvgIpc) is 2.74. The second-order valence-corrected chi connectivity index (χ2v) is 4.95. The maximum absolute atomic E-state index is 9.49. The molecule has 1 N–H and O–H groups in total. The lowest BCUT2D eigenvalue weighted by Crippen LogP contribution is -2.23. The first-order chi connectivity index (χ1) is 8.01. The third kappa shape index (κ3) is 1.91. The highest BCUT2D eigenvalue weighted by Crippen LogP contribution is 2.50. The number of benzene rings is 1. The zero-order chi connectivity index (χ0) is 12.6. The summed E-state index contributed by atoms with van der Waals surface area (Å²) in [5.41, 5.74) is 0.219. The standard InChI is InChI=1S/C12H15ClO4/c1-12(2,5-14)9-10(15-3)7(13)4-8-11(9)17-6-16-8/h4,14H,5-6H2,1-3H3. The molecule has 1 aromatic carbocycles. The van der Waals surface area contributed by atoms with Gasteiger partial charge in [0.15, 0.2) is 11.5 Å². The van der Waals surface area contributed by atoms with Gasteiger partial charge in [-0.15, -0.1) is 0 Å². The van der Waals surface area contributed by atoms with Crippen molar-refractivity contribution in [2.45, 2.75) is 19.3 Å². The van der Waals surface area contributed by atoms with Gasteiger partial charge in [0.1, 0.15) is 5.75 Å². The Morgan fingerprint density at radius 3 is 2.76 bits per heavy atom. The molecular weight excluding hydrogens is 244 g/mol. The molecule has 1 heterocycles. The number of methoxy groups -OCH3 is 1. The number of aliphatic hydroxyl groups is 1. The van der Waals surface area contributed by atoms with Crippen molar-refractivity contribution in [2.75, 3.05) is 20.5 Å². The van der Waals surface area contributed by atoms with E-state index >= 15 is 0 Å². The minimum absolute atomic E-state index is 0.0422. The van der Waals surface area contributed by atoms with Crippen LogP contribution in [-0.2, 0) is 5.41 Å². The molecule has 5 heteroatoms. The zero-order valence-electron chi connectivity index (χ0n) is 10.0. The Bertz CT molecular complexity index is 439. The number of halogens is 1. The Hall–Kier alpha value is -1.13. The van der Waals surface area contributed by atoms with Crippen LogP contribution in [0.2, 0.25) is 5.02 Å². The van der Waals surface area contributed by atoms with Crippen molar-refractivity contribution in [3.63, 3.8) is 0 Å². The molecule has 1 aromatic rings. The van der Waals surface area contributed by atoms with E-state index in [2.05, 4.69) is 0 Å². The number of fused-ring (bicyclic) bond motifs is 1. The van der Waals surface area contributed by atoms with E-state index in [0.29, 0.717) is 22.3 Å². The molecule has 4 nitrogen and oxygen atoms in total. The predicted octanol–water partition coefficient (Wildman–Crippen LogP) is 2.35. The summed E-state index contributed by atoms with van der Waals surface area (Å²) >= 11 is 6.13. The number of rotatable bonds is 3. The van der Waals surface area contributed by atoms with Crippen molar-refractivity contribution in [3.8, 4) is 17.2 Å². The fourth-order valence-electron chi connectivity index (χ4n) is 1.89. The normalized spacial score (nSPS) is 13.9. The zero-order valence-corrected chi connectivity index (χ0v) is 10.8. The highest BCUT2D eigenvalue weighted by atomic mass is 35.5. The SMILES string of the molecule is COc1c(Cl)cc2c(c1C(C)(C)CO)OCO2. The lowest BCUT2D eigenvalue weighted by Gasteiger charge is -2.26. The summed E-state index contributed by atoms with van der Waals surface area (Å²) in [6.07, 6.45) is 0. The summed E-state index contributed by atoms with van der Waals surface area (Å²) in [5.74, 6) is 1.72. The van der Waals surface area contributed by atoms with E-state index in [1.54, 1.807) is 13.2 Å². The van der Waals surface area contributed by atoms with Gasteiger partial charge in [-0.05, 0) is 0 Å². The van der Waals surface area contributed by atoms with Gasteiger partial charge in [-0.3, -0.25) is 0 Å². The van der Waals surface area contributed by atoms with Crippen molar-refractivity contribution in [1.82, 2.24) is 0 Å². The van der Waals surface area contributed by atoms with Gasteiger partial charge in [0, 0.05) is 17.0 Å². The Morgan fingerprint density at radius 2 is 2.18 bits per heavy atom. The minimum Gasteiger partial charge on any atom is -0.495 e. The van der Waals surface area contributed by atoms with Crippen LogP contribution in [0, 0.1) is 0 Å². The first-order valence-corrected chi connectivity index (χ1v) is 5.66. The molecule has 1 aliphatic rings. The summed E-state index contributed by atoms with van der Waals surface area (Å²) in [5, 5.41) is 9.95. The second-order valence-electron chi connectivity index (χ2n) is 4.54. The Labute approximate surface area is 105 Å². The van der Waals surface area contributed by atoms with E-state index in [4.69, 9.17) is 25.8 Å². The molecule has 0 aromatic heterocycles. The van der Waals surface area contributed by atoms with Crippen LogP contribution in [0.4, 0.5) is 0 Å². The Morgan fingerprint density at radius 1 is 1.47 bits per heavy atom. The molecular formula is C12H15ClO4. The Balaban J connectivity index is 2.70. The minimum atomic E-state index is -0.520. The van der Waals surface area contributed by atoms with E-state index in [1.165, 1.54) is 0 Å². The van der Waals surface area contributed by atoms with Gasteiger partial charge in [-0.2, -0.15) is 0 Å². The van der Waals surface area contributed by atoms with Crippen LogP contribution in [0.25, 0.3) is 0 Å². The highest BCUT2D eigenvalue weighted by Gasteiger charge is 2.34. The maximum atomic E-state index is 9.49. The van der Waals surface area contributed by atoms with E-state index in [9.17, 15) is 5.11 Å². The second kappa shape index (κ2) is 4.27. The van der Waals surface area contributed by atoms with Crippen LogP contribution in [0.3, 0.4) is 0 Å². The van der Waals surface area contributed by atoms with Crippen LogP contribution in [0.15, 0.2) is 6.07 Å². The van der Waals surface area contributed by atoms with Crippen LogP contribution >= 0.6 is 11.6 Å². The fourth-order valence-corrected chi connectivity index (χ4v) is 2.16. The first kappa shape index (κ1) is 12.3. The van der Waals surface area contributed by atoms with Crippen molar-refractivity contribution in [2.24, 2.45) is 0 Å². The molecule has 1 aliphatic heterocycles. The van der Waals surface area contributed by atoms with Crippen molar-refractivity contribution >= 4 is 11.6 Å². The smallest absolute Gasteiger partial charge is 0.231 e. The van der Waals surface area contributed by atoms with Crippen LogP contribution in [0.5, 0.6) is 17.2 Å². The number of hydrogen-bond acceptors (Lipinski definition) is 4. The van der Waals surface area contributed by atoms with E-state index < -0.39 is 5.41 Å². The van der Waals surface area contributed by atoms with Crippen molar-refractivity contribution in [1.29, 1.82) is 0 Å². The van der Waals surface area contributed by atoms with Crippen molar-refractivity contribution in [3.05, 3.63) is 16.7 Å². The predicted molar refractivity (Wildman–Crippen MR) is 64.2 cm³/mol. The lowest BCUT2D eigenvalue weighted by molar-refractivity contribution is 0.168. The van der Waals surface area contributed by atoms with Crippen LogP contribution in [0.1, 0.15) is 19.4 Å². The molecule has 0 radical (unpaired) electrons. The quantitative estimate of drug-likeness (QED) is 0.904. The van der Waals surface area contributed by atoms with Gasteiger partial charge in [-0.1, -0.05) is 25.4 Å². The highest BCUT2D eigenvalue weighted by molar-refractivity contribution is 6.32. The summed E-state index contributed by atoms with van der Waals surface area (Å²) in [6, 6.07) is 1.67. The van der Waals surface area contributed by atoms with Crippen molar-refractivity contribution < 1.29 is 19.3 Å². The van der Waals surface area contributed by atoms with E-state index in [1.807, 2.05) is 13.8 Å². The van der Waals surface area contributed by atoms with Gasteiger partial charge in [-0.25, -0.2) is 0 Å². The fraction of sp³-hybridized carbons (Fsp3) is 0.500. The first-order valence-electron chi connectivity index (χ1n) is 5.28. The van der Waals surface area contributed by atoms with Gasteiger partial charge < -0.3 is 19.3 Å². The van der Waals surface area contributed by atoms with Gasteiger partial charge in [0.25, 0.3) is 0 Å². The topological polar surface area (TPSA) is 47.9 Å². The number of hydrogen-bond donors (Lipinski definition) is 1. The van der Waals surface area contributed by atoms with Crippen LogP contribution < -0.4 is 14.2 Å². The lowest BCUT2D eigenvalue weighted by atomic mass is 9.84. The molecule has 0 amide bonds. The summed E-state index contributed by atoms with van der Waals surface area (Å²) < 4.78 is 16.1. The molecule has 17 heavy (non-hydrogen) atoms. The third-order valence-electron chi connectivity index (χ3n) is 2.85. The molecule has 0 atom stereocenters. The Kier molecular flexibility index (Phi) is 3.10. The maximum Gasteiger partial charge on any atom is 0.231 e. The number of aliphatic hydroxyl groups excluding tert-OH is 1. The largest absolute Gasteiger partial charge is 0.495 e. The molecule has 0 aliphatic carbocycles. The molecule has 0 saturated heterocycles. The molecule has 0 bridgehead atoms. The number of ether oxygens (including phenoxy) is 3. The molecule has 0 fully saturated rings. The van der Waals surface area contributed by atoms with E-state index in [-0.39, 0.29) is 13.4 Å². The molecule has 0 saturated carbocycles. The van der Waals surface area contributed by atoms with Gasteiger partial charge in [0.05, 0.1) is 18.7 Å². The third-order valence-corrected chi connectivity index (χ3v) is 3.13. The molecule has 94 valence electrons. The summed E-state index contributed by atoms with van der Waals surface area (Å²) in [6.45, 7) is 3.90. The average molecular weight is 259 g/mol. The molecule has 0 spiro atoms. The molecule has 2 rings (SSSR count). The molecule has 0 unspecified atom stereocenters. The monoisotopic (exact) mass is 258 g/mol. The van der Waals surface area contributed by atoms with E-state index in [0.717, 1.165) is 5.56 Å². The van der Waals surface area contributed by atoms with Crippen LogP contribution in [-0.4, -0.2) is 25.6 Å².